The number of nitrogens with zero attached hydrogens (tertiary/aromatic N) is 3. The number of nitro benzene ring substituents is 1. The van der Waals surface area contributed by atoms with Gasteiger partial charge < -0.3 is 4.57 Å². The van der Waals surface area contributed by atoms with E-state index >= 15 is 0 Å². The molecule has 2 rings (SSSR count). The van der Waals surface area contributed by atoms with E-state index in [9.17, 15) is 19.7 Å². The zero-order chi connectivity index (χ0) is 16.8. The molecular formula is C15H14N4O4. The molecule has 0 unspecified atom stereocenters. The van der Waals surface area contributed by atoms with Crippen LogP contribution in [0.5, 0.6) is 0 Å². The maximum atomic E-state index is 11.8. The van der Waals surface area contributed by atoms with Gasteiger partial charge in [-0.3, -0.25) is 19.7 Å². The molecule has 0 aliphatic heterocycles. The van der Waals surface area contributed by atoms with E-state index in [-0.39, 0.29) is 17.8 Å². The summed E-state index contributed by atoms with van der Waals surface area (Å²) in [6, 6.07) is 10.5. The number of non-ortho nitro benzene ring substituents is 1. The highest BCUT2D eigenvalue weighted by Gasteiger charge is 2.08. The summed E-state index contributed by atoms with van der Waals surface area (Å²) in [6.45, 7) is 1.46. The van der Waals surface area contributed by atoms with Crippen LogP contribution in [0.4, 0.5) is 5.69 Å². The summed E-state index contributed by atoms with van der Waals surface area (Å²) in [5.41, 5.74) is 2.92. The SMILES string of the molecule is C/C(=N/NC(=O)Cn1ccccc1=O)c1cccc([N+](=O)[O-])c1. The van der Waals surface area contributed by atoms with Gasteiger partial charge in [-0.05, 0) is 13.0 Å². The smallest absolute Gasteiger partial charge is 0.270 e. The number of hydrogen-bond donors (Lipinski definition) is 1. The summed E-state index contributed by atoms with van der Waals surface area (Å²) >= 11 is 0. The molecule has 1 amide bonds. The molecule has 0 radical (unpaired) electrons. The van der Waals surface area contributed by atoms with Crippen molar-refractivity contribution in [3.05, 3.63) is 74.7 Å². The lowest BCUT2D eigenvalue weighted by Crippen LogP contribution is -2.29. The minimum absolute atomic E-state index is 0.0563. The Kier molecular flexibility index (Phi) is 4.98. The van der Waals surface area contributed by atoms with Gasteiger partial charge in [0.1, 0.15) is 6.54 Å². The van der Waals surface area contributed by atoms with Crippen LogP contribution in [-0.2, 0) is 11.3 Å². The van der Waals surface area contributed by atoms with Crippen LogP contribution < -0.4 is 11.0 Å². The molecule has 0 saturated heterocycles. The van der Waals surface area contributed by atoms with Crippen LogP contribution in [0.2, 0.25) is 0 Å². The number of rotatable bonds is 5. The van der Waals surface area contributed by atoms with Crippen LogP contribution in [0.3, 0.4) is 0 Å². The second kappa shape index (κ2) is 7.12. The lowest BCUT2D eigenvalue weighted by molar-refractivity contribution is -0.384. The largest absolute Gasteiger partial charge is 0.306 e. The molecule has 118 valence electrons. The number of carbonyl (C=O) groups excluding carboxylic acids is 1. The van der Waals surface area contributed by atoms with Crippen molar-refractivity contribution in [3.63, 3.8) is 0 Å². The molecule has 0 atom stereocenters. The molecule has 1 aromatic heterocycles. The van der Waals surface area contributed by atoms with Crippen LogP contribution in [0.1, 0.15) is 12.5 Å². The number of amides is 1. The first kappa shape index (κ1) is 16.1. The second-order valence-corrected chi connectivity index (χ2v) is 4.71. The molecule has 0 aliphatic carbocycles. The third kappa shape index (κ3) is 4.34. The van der Waals surface area contributed by atoms with Gasteiger partial charge in [0, 0.05) is 30.0 Å². The van der Waals surface area contributed by atoms with E-state index in [0.29, 0.717) is 11.3 Å². The topological polar surface area (TPSA) is 107 Å². The van der Waals surface area contributed by atoms with Crippen LogP contribution in [0.25, 0.3) is 0 Å². The van der Waals surface area contributed by atoms with Gasteiger partial charge >= 0.3 is 0 Å². The van der Waals surface area contributed by atoms with Crippen LogP contribution >= 0.6 is 0 Å². The van der Waals surface area contributed by atoms with Crippen LogP contribution in [0.15, 0.2) is 58.6 Å². The molecule has 2 aromatic rings. The van der Waals surface area contributed by atoms with Crippen molar-refractivity contribution < 1.29 is 9.72 Å². The number of benzene rings is 1. The van der Waals surface area contributed by atoms with Gasteiger partial charge in [0.25, 0.3) is 17.2 Å². The standard InChI is InChI=1S/C15H14N4O4/c1-11(12-5-4-6-13(9-12)19(22)23)16-17-14(20)10-18-8-3-2-7-15(18)21/h2-9H,10H2,1H3,(H,17,20)/b16-11-. The lowest BCUT2D eigenvalue weighted by atomic mass is 10.1. The zero-order valence-electron chi connectivity index (χ0n) is 12.3. The molecule has 0 saturated carbocycles. The Labute approximate surface area is 131 Å². The van der Waals surface area contributed by atoms with E-state index < -0.39 is 10.8 Å². The number of aromatic nitrogens is 1. The predicted molar refractivity (Wildman–Crippen MR) is 84.2 cm³/mol. The second-order valence-electron chi connectivity index (χ2n) is 4.71. The molecule has 23 heavy (non-hydrogen) atoms. The third-order valence-electron chi connectivity index (χ3n) is 3.04. The minimum Gasteiger partial charge on any atom is -0.306 e. The molecule has 8 nitrogen and oxygen atoms in total. The lowest BCUT2D eigenvalue weighted by Gasteiger charge is -2.05. The van der Waals surface area contributed by atoms with Crippen molar-refractivity contribution in [3.8, 4) is 0 Å². The highest BCUT2D eigenvalue weighted by molar-refractivity contribution is 5.99. The predicted octanol–water partition coefficient (Wildman–Crippen LogP) is 1.30. The Morgan fingerprint density at radius 1 is 1.30 bits per heavy atom. The van der Waals surface area contributed by atoms with Crippen molar-refractivity contribution in [2.75, 3.05) is 0 Å². The fourth-order valence-corrected chi connectivity index (χ4v) is 1.84. The van der Waals surface area contributed by atoms with Gasteiger partial charge in [-0.2, -0.15) is 5.10 Å². The number of pyridine rings is 1. The number of hydrogen-bond acceptors (Lipinski definition) is 5. The Bertz CT molecular complexity index is 826. The monoisotopic (exact) mass is 314 g/mol. The van der Waals surface area contributed by atoms with Crippen molar-refractivity contribution in [1.29, 1.82) is 0 Å². The van der Waals surface area contributed by atoms with E-state index in [1.165, 1.54) is 35.0 Å². The quantitative estimate of drug-likeness (QED) is 0.510. The fourth-order valence-electron chi connectivity index (χ4n) is 1.84. The number of nitrogens with one attached hydrogen (secondary N) is 1. The minimum atomic E-state index is -0.503. The van der Waals surface area contributed by atoms with Crippen molar-refractivity contribution in [2.24, 2.45) is 5.10 Å². The normalized spacial score (nSPS) is 11.1. The molecule has 0 fully saturated rings. The van der Waals surface area contributed by atoms with Gasteiger partial charge in [0.2, 0.25) is 0 Å². The van der Waals surface area contributed by atoms with E-state index in [0.717, 1.165) is 0 Å². The Hall–Kier alpha value is -3.29. The highest BCUT2D eigenvalue weighted by Crippen LogP contribution is 2.13. The number of hydrazone groups is 1. The summed E-state index contributed by atoms with van der Waals surface area (Å²) in [5.74, 6) is -0.469. The summed E-state index contributed by atoms with van der Waals surface area (Å²) in [5, 5.41) is 14.6. The fraction of sp³-hybridized carbons (Fsp3) is 0.133. The van der Waals surface area contributed by atoms with Gasteiger partial charge in [0.15, 0.2) is 0 Å². The first-order valence-electron chi connectivity index (χ1n) is 6.71. The van der Waals surface area contributed by atoms with Crippen molar-refractivity contribution in [1.82, 2.24) is 9.99 Å². The van der Waals surface area contributed by atoms with Crippen molar-refractivity contribution in [2.45, 2.75) is 13.5 Å². The van der Waals surface area contributed by atoms with Gasteiger partial charge in [-0.15, -0.1) is 0 Å². The Balaban J connectivity index is 2.06. The molecule has 1 heterocycles. The summed E-state index contributed by atoms with van der Waals surface area (Å²) in [6.07, 6.45) is 1.50. The molecule has 0 spiro atoms. The third-order valence-corrected chi connectivity index (χ3v) is 3.04. The Morgan fingerprint density at radius 3 is 2.78 bits per heavy atom. The number of carbonyl (C=O) groups is 1. The maximum absolute atomic E-state index is 11.8. The highest BCUT2D eigenvalue weighted by atomic mass is 16.6. The molecular weight excluding hydrogens is 300 g/mol. The van der Waals surface area contributed by atoms with Gasteiger partial charge in [-0.1, -0.05) is 18.2 Å². The van der Waals surface area contributed by atoms with Crippen LogP contribution in [-0.4, -0.2) is 21.1 Å². The summed E-state index contributed by atoms with van der Waals surface area (Å²) in [7, 11) is 0. The van der Waals surface area contributed by atoms with Gasteiger partial charge in [0.05, 0.1) is 10.6 Å². The molecule has 8 heteroatoms. The molecule has 1 aromatic carbocycles. The average molecular weight is 314 g/mol. The van der Waals surface area contributed by atoms with E-state index in [4.69, 9.17) is 0 Å². The zero-order valence-corrected chi connectivity index (χ0v) is 12.3. The first-order chi connectivity index (χ1) is 11.0. The Morgan fingerprint density at radius 2 is 2.09 bits per heavy atom. The van der Waals surface area contributed by atoms with E-state index in [1.807, 2.05) is 0 Å². The maximum Gasteiger partial charge on any atom is 0.270 e. The first-order valence-corrected chi connectivity index (χ1v) is 6.71. The van der Waals surface area contributed by atoms with Crippen molar-refractivity contribution >= 4 is 17.3 Å². The summed E-state index contributed by atoms with van der Waals surface area (Å²) in [4.78, 5) is 33.5. The van der Waals surface area contributed by atoms with E-state index in [2.05, 4.69) is 10.5 Å². The number of nitro groups is 1. The average Bonchev–Trinajstić information content (AvgIpc) is 2.55. The molecule has 1 N–H and O–H groups in total. The molecule has 0 aliphatic rings. The van der Waals surface area contributed by atoms with Gasteiger partial charge in [-0.25, -0.2) is 5.43 Å². The van der Waals surface area contributed by atoms with E-state index in [1.54, 1.807) is 25.1 Å². The molecule has 0 bridgehead atoms. The summed E-state index contributed by atoms with van der Waals surface area (Å²) < 4.78 is 1.24. The van der Waals surface area contributed by atoms with Crippen LogP contribution in [0, 0.1) is 10.1 Å².